The highest BCUT2D eigenvalue weighted by Crippen LogP contribution is 2.24. The number of pyridine rings is 1. The van der Waals surface area contributed by atoms with Crippen molar-refractivity contribution in [3.05, 3.63) is 41.2 Å². The van der Waals surface area contributed by atoms with Crippen LogP contribution < -0.4 is 5.32 Å². The molecule has 1 atom stereocenters. The number of unbranched alkanes of at least 4 members (excludes halogenated alkanes) is 2. The van der Waals surface area contributed by atoms with Crippen LogP contribution in [0.1, 0.15) is 49.9 Å². The Morgan fingerprint density at radius 3 is 2.71 bits per heavy atom. The van der Waals surface area contributed by atoms with E-state index < -0.39 is 0 Å². The first-order valence-corrected chi connectivity index (χ1v) is 7.85. The maximum absolute atomic E-state index is 12.4. The van der Waals surface area contributed by atoms with Gasteiger partial charge in [-0.25, -0.2) is 4.98 Å². The number of benzene rings is 1. The number of nitrogens with zero attached hydrogens (tertiary/aromatic N) is 1. The number of carbonyl (C=O) groups excluding carboxylic acids is 1. The summed E-state index contributed by atoms with van der Waals surface area (Å²) in [6, 6.07) is 7.75. The van der Waals surface area contributed by atoms with Gasteiger partial charge in [-0.05, 0) is 18.7 Å². The second kappa shape index (κ2) is 7.41. The number of fused-ring (bicyclic) bond motifs is 1. The van der Waals surface area contributed by atoms with Gasteiger partial charge < -0.3 is 5.32 Å². The van der Waals surface area contributed by atoms with Gasteiger partial charge in [0.15, 0.2) is 0 Å². The van der Waals surface area contributed by atoms with E-state index in [0.29, 0.717) is 10.7 Å². The lowest BCUT2D eigenvalue weighted by Crippen LogP contribution is -2.32. The van der Waals surface area contributed by atoms with Crippen molar-refractivity contribution in [3.63, 3.8) is 0 Å². The van der Waals surface area contributed by atoms with Crippen molar-refractivity contribution in [2.75, 3.05) is 0 Å². The molecule has 1 amide bonds. The molecule has 0 bridgehead atoms. The Kier molecular flexibility index (Phi) is 5.57. The zero-order chi connectivity index (χ0) is 15.2. The van der Waals surface area contributed by atoms with Crippen molar-refractivity contribution in [2.24, 2.45) is 0 Å². The Morgan fingerprint density at radius 1 is 1.29 bits per heavy atom. The smallest absolute Gasteiger partial charge is 0.253 e. The monoisotopic (exact) mass is 304 g/mol. The minimum absolute atomic E-state index is 0.0839. The third-order valence-corrected chi connectivity index (χ3v) is 3.91. The SMILES string of the molecule is CCCCCC(C)NC(=O)c1cnc(Cl)c2ccccc12. The Hall–Kier alpha value is -1.61. The summed E-state index contributed by atoms with van der Waals surface area (Å²) in [5, 5.41) is 5.13. The van der Waals surface area contributed by atoms with Gasteiger partial charge in [0.25, 0.3) is 5.91 Å². The topological polar surface area (TPSA) is 42.0 Å². The van der Waals surface area contributed by atoms with Crippen LogP contribution in [-0.4, -0.2) is 16.9 Å². The molecule has 1 aromatic heterocycles. The number of carbonyl (C=O) groups is 1. The van der Waals surface area contributed by atoms with Crippen LogP contribution in [0.25, 0.3) is 10.8 Å². The summed E-state index contributed by atoms with van der Waals surface area (Å²) in [7, 11) is 0. The normalized spacial score (nSPS) is 12.3. The number of hydrogen-bond donors (Lipinski definition) is 1. The molecule has 112 valence electrons. The molecule has 0 radical (unpaired) electrons. The van der Waals surface area contributed by atoms with Gasteiger partial charge in [-0.2, -0.15) is 0 Å². The zero-order valence-corrected chi connectivity index (χ0v) is 13.3. The molecule has 0 saturated heterocycles. The molecule has 4 heteroatoms. The molecule has 0 aliphatic heterocycles. The van der Waals surface area contributed by atoms with Gasteiger partial charge >= 0.3 is 0 Å². The molecule has 0 aliphatic carbocycles. The van der Waals surface area contributed by atoms with E-state index in [1.807, 2.05) is 31.2 Å². The minimum atomic E-state index is -0.0839. The highest BCUT2D eigenvalue weighted by molar-refractivity contribution is 6.34. The van der Waals surface area contributed by atoms with E-state index in [1.165, 1.54) is 12.8 Å². The molecule has 1 N–H and O–H groups in total. The lowest BCUT2D eigenvalue weighted by molar-refractivity contribution is 0.0939. The number of nitrogens with one attached hydrogen (secondary N) is 1. The average molecular weight is 305 g/mol. The molecule has 1 aromatic carbocycles. The van der Waals surface area contributed by atoms with Crippen molar-refractivity contribution in [1.82, 2.24) is 10.3 Å². The van der Waals surface area contributed by atoms with Crippen molar-refractivity contribution in [2.45, 2.75) is 45.6 Å². The van der Waals surface area contributed by atoms with E-state index in [9.17, 15) is 4.79 Å². The minimum Gasteiger partial charge on any atom is -0.350 e. The van der Waals surface area contributed by atoms with Crippen LogP contribution >= 0.6 is 11.6 Å². The van der Waals surface area contributed by atoms with Gasteiger partial charge in [-0.3, -0.25) is 4.79 Å². The van der Waals surface area contributed by atoms with Crippen LogP contribution in [0.3, 0.4) is 0 Å². The van der Waals surface area contributed by atoms with E-state index >= 15 is 0 Å². The first kappa shape index (κ1) is 15.8. The lowest BCUT2D eigenvalue weighted by atomic mass is 10.1. The van der Waals surface area contributed by atoms with Crippen LogP contribution in [0.15, 0.2) is 30.5 Å². The fourth-order valence-electron chi connectivity index (χ4n) is 2.41. The summed E-state index contributed by atoms with van der Waals surface area (Å²) in [6.07, 6.45) is 6.08. The molecule has 2 aromatic rings. The van der Waals surface area contributed by atoms with Crippen LogP contribution in [0, 0.1) is 0 Å². The molecule has 2 rings (SSSR count). The van der Waals surface area contributed by atoms with Crippen molar-refractivity contribution >= 4 is 28.3 Å². The fourth-order valence-corrected chi connectivity index (χ4v) is 2.63. The number of hydrogen-bond acceptors (Lipinski definition) is 2. The molecule has 21 heavy (non-hydrogen) atoms. The molecule has 3 nitrogen and oxygen atoms in total. The third-order valence-electron chi connectivity index (χ3n) is 3.61. The summed E-state index contributed by atoms with van der Waals surface area (Å²) in [4.78, 5) is 16.5. The number of amides is 1. The van der Waals surface area contributed by atoms with Crippen LogP contribution in [0.5, 0.6) is 0 Å². The van der Waals surface area contributed by atoms with Crippen molar-refractivity contribution in [3.8, 4) is 0 Å². The van der Waals surface area contributed by atoms with Crippen molar-refractivity contribution in [1.29, 1.82) is 0 Å². The third kappa shape index (κ3) is 3.94. The molecule has 1 unspecified atom stereocenters. The summed E-state index contributed by atoms with van der Waals surface area (Å²) >= 11 is 6.08. The van der Waals surface area contributed by atoms with Gasteiger partial charge in [0, 0.05) is 17.6 Å². The Labute approximate surface area is 130 Å². The fraction of sp³-hybridized carbons (Fsp3) is 0.412. The van der Waals surface area contributed by atoms with Gasteiger partial charge in [0.05, 0.1) is 5.56 Å². The van der Waals surface area contributed by atoms with E-state index in [0.717, 1.165) is 23.6 Å². The van der Waals surface area contributed by atoms with E-state index in [4.69, 9.17) is 11.6 Å². The maximum Gasteiger partial charge on any atom is 0.253 e. The molecular formula is C17H21ClN2O. The summed E-state index contributed by atoms with van der Waals surface area (Å²) in [5.41, 5.74) is 0.581. The van der Waals surface area contributed by atoms with Crippen LogP contribution in [0.2, 0.25) is 5.15 Å². The Bertz CT molecular complexity index is 627. The first-order chi connectivity index (χ1) is 10.1. The van der Waals surface area contributed by atoms with Gasteiger partial charge in [0.1, 0.15) is 5.15 Å². The lowest BCUT2D eigenvalue weighted by Gasteiger charge is -2.14. The molecule has 0 fully saturated rings. The van der Waals surface area contributed by atoms with E-state index in [1.54, 1.807) is 6.20 Å². The molecule has 0 aliphatic rings. The highest BCUT2D eigenvalue weighted by Gasteiger charge is 2.14. The van der Waals surface area contributed by atoms with Crippen LogP contribution in [0.4, 0.5) is 0 Å². The van der Waals surface area contributed by atoms with Crippen LogP contribution in [-0.2, 0) is 0 Å². The first-order valence-electron chi connectivity index (χ1n) is 7.47. The Morgan fingerprint density at radius 2 is 2.00 bits per heavy atom. The predicted molar refractivity (Wildman–Crippen MR) is 87.8 cm³/mol. The summed E-state index contributed by atoms with van der Waals surface area (Å²) < 4.78 is 0. The molecule has 0 spiro atoms. The maximum atomic E-state index is 12.4. The number of halogens is 1. The molecule has 0 saturated carbocycles. The second-order valence-corrected chi connectivity index (χ2v) is 5.74. The van der Waals surface area contributed by atoms with Crippen molar-refractivity contribution < 1.29 is 4.79 Å². The average Bonchev–Trinajstić information content (AvgIpc) is 2.48. The standard InChI is InChI=1S/C17H21ClN2O/c1-3-4-5-8-12(2)20-17(21)15-11-19-16(18)14-10-7-6-9-13(14)15/h6-7,9-12H,3-5,8H2,1-2H3,(H,20,21). The van der Waals surface area contributed by atoms with Gasteiger partial charge in [-0.15, -0.1) is 0 Å². The largest absolute Gasteiger partial charge is 0.350 e. The predicted octanol–water partition coefficient (Wildman–Crippen LogP) is 4.59. The zero-order valence-electron chi connectivity index (χ0n) is 12.5. The highest BCUT2D eigenvalue weighted by atomic mass is 35.5. The van der Waals surface area contributed by atoms with Gasteiger partial charge in [-0.1, -0.05) is 62.1 Å². The van der Waals surface area contributed by atoms with E-state index in [2.05, 4.69) is 17.2 Å². The number of rotatable bonds is 6. The summed E-state index contributed by atoms with van der Waals surface area (Å²) in [6.45, 7) is 4.22. The Balaban J connectivity index is 2.15. The van der Waals surface area contributed by atoms with E-state index in [-0.39, 0.29) is 11.9 Å². The molecular weight excluding hydrogens is 284 g/mol. The summed E-state index contributed by atoms with van der Waals surface area (Å²) in [5.74, 6) is -0.0839. The second-order valence-electron chi connectivity index (χ2n) is 5.38. The molecule has 1 heterocycles. The van der Waals surface area contributed by atoms with Gasteiger partial charge in [0.2, 0.25) is 0 Å². The quantitative estimate of drug-likeness (QED) is 0.626. The number of aromatic nitrogens is 1.